The van der Waals surface area contributed by atoms with E-state index in [1.54, 1.807) is 6.20 Å². The van der Waals surface area contributed by atoms with Gasteiger partial charge in [-0.25, -0.2) is 9.97 Å². The zero-order valence-electron chi connectivity index (χ0n) is 29.8. The summed E-state index contributed by atoms with van der Waals surface area (Å²) in [6, 6.07) is 65.4. The Kier molecular flexibility index (Phi) is 8.12. The van der Waals surface area contributed by atoms with Crippen LogP contribution in [0.1, 0.15) is 0 Å². The number of hydrogen-bond acceptors (Lipinski definition) is 4. The Hall–Kier alpha value is -7.43. The van der Waals surface area contributed by atoms with Crippen LogP contribution in [0.15, 0.2) is 205 Å². The molecule has 3 heterocycles. The van der Waals surface area contributed by atoms with E-state index >= 15 is 0 Å². The number of rotatable bonds is 7. The Morgan fingerprint density at radius 2 is 0.927 bits per heavy atom. The standard InChI is InChI=1S/C51H33N3O/c1-3-13-34(14-4-1)35-24-26-36(27-25-35)39-29-40(43-21-11-22-46-45-20-9-10-23-49(45)55-50(43)46)31-41(30-39)47-32-48(54-51(53-47)37-15-5-2-6-16-37)44-19-8-7-18-42(44)38-17-12-28-52-33-38/h1-33H. The van der Waals surface area contributed by atoms with Crippen LogP contribution in [-0.2, 0) is 0 Å². The molecule has 0 saturated carbocycles. The number of aromatic nitrogens is 3. The van der Waals surface area contributed by atoms with E-state index in [1.165, 1.54) is 11.1 Å². The lowest BCUT2D eigenvalue weighted by Gasteiger charge is -2.15. The lowest BCUT2D eigenvalue weighted by Crippen LogP contribution is -1.97. The minimum absolute atomic E-state index is 0.660. The molecule has 0 radical (unpaired) electrons. The summed E-state index contributed by atoms with van der Waals surface area (Å²) in [5, 5.41) is 2.20. The van der Waals surface area contributed by atoms with Crippen LogP contribution in [0.3, 0.4) is 0 Å². The van der Waals surface area contributed by atoms with Crippen LogP contribution in [0.25, 0.3) is 100 Å². The first-order chi connectivity index (χ1) is 27.2. The van der Waals surface area contributed by atoms with Crippen molar-refractivity contribution in [2.24, 2.45) is 0 Å². The third-order valence-corrected chi connectivity index (χ3v) is 10.2. The van der Waals surface area contributed by atoms with Crippen molar-refractivity contribution in [2.75, 3.05) is 0 Å². The van der Waals surface area contributed by atoms with E-state index in [1.807, 2.05) is 48.7 Å². The maximum absolute atomic E-state index is 6.57. The Labute approximate surface area is 319 Å². The molecule has 0 aliphatic heterocycles. The van der Waals surface area contributed by atoms with E-state index in [0.717, 1.165) is 83.4 Å². The molecule has 258 valence electrons. The SMILES string of the molecule is c1ccc(-c2ccc(-c3cc(-c4cc(-c5ccccc5-c5cccnc5)nc(-c5ccccc5)n4)cc(-c4cccc5c4oc4ccccc45)c3)cc2)cc1. The van der Waals surface area contributed by atoms with Gasteiger partial charge in [-0.3, -0.25) is 4.98 Å². The van der Waals surface area contributed by atoms with Gasteiger partial charge in [-0.1, -0.05) is 152 Å². The summed E-state index contributed by atoms with van der Waals surface area (Å²) in [6.07, 6.45) is 3.70. The maximum Gasteiger partial charge on any atom is 0.160 e. The van der Waals surface area contributed by atoms with Gasteiger partial charge in [0.15, 0.2) is 5.82 Å². The third kappa shape index (κ3) is 6.16. The van der Waals surface area contributed by atoms with Crippen molar-refractivity contribution < 1.29 is 4.42 Å². The highest BCUT2D eigenvalue weighted by atomic mass is 16.3. The molecule has 0 fully saturated rings. The molecule has 55 heavy (non-hydrogen) atoms. The van der Waals surface area contributed by atoms with E-state index in [0.29, 0.717) is 5.82 Å². The van der Waals surface area contributed by atoms with Gasteiger partial charge in [-0.05, 0) is 69.8 Å². The second-order valence-electron chi connectivity index (χ2n) is 13.6. The summed E-state index contributed by atoms with van der Waals surface area (Å²) in [5.41, 5.74) is 15.0. The Morgan fingerprint density at radius 1 is 0.345 bits per heavy atom. The number of nitrogens with zero attached hydrogens (tertiary/aromatic N) is 3. The highest BCUT2D eigenvalue weighted by molar-refractivity contribution is 6.09. The molecule has 3 aromatic heterocycles. The Morgan fingerprint density at radius 3 is 1.71 bits per heavy atom. The summed E-state index contributed by atoms with van der Waals surface area (Å²) in [7, 11) is 0. The zero-order valence-corrected chi connectivity index (χ0v) is 29.8. The average Bonchev–Trinajstić information content (AvgIpc) is 3.66. The van der Waals surface area contributed by atoms with Crippen LogP contribution in [0.2, 0.25) is 0 Å². The Bertz CT molecular complexity index is 2950. The molecule has 0 atom stereocenters. The molecule has 0 aliphatic carbocycles. The van der Waals surface area contributed by atoms with Crippen LogP contribution < -0.4 is 0 Å². The molecule has 0 spiro atoms. The molecule has 0 saturated heterocycles. The van der Waals surface area contributed by atoms with Crippen molar-refractivity contribution in [2.45, 2.75) is 0 Å². The molecule has 10 rings (SSSR count). The number of para-hydroxylation sites is 2. The van der Waals surface area contributed by atoms with Gasteiger partial charge in [0.25, 0.3) is 0 Å². The molecule has 0 amide bonds. The monoisotopic (exact) mass is 703 g/mol. The fourth-order valence-corrected chi connectivity index (χ4v) is 7.49. The summed E-state index contributed by atoms with van der Waals surface area (Å²) < 4.78 is 6.57. The number of hydrogen-bond donors (Lipinski definition) is 0. The fourth-order valence-electron chi connectivity index (χ4n) is 7.49. The zero-order chi connectivity index (χ0) is 36.6. The lowest BCUT2D eigenvalue weighted by atomic mass is 9.92. The second kappa shape index (κ2) is 13.8. The molecule has 0 bridgehead atoms. The fraction of sp³-hybridized carbons (Fsp3) is 0. The first-order valence-corrected chi connectivity index (χ1v) is 18.4. The van der Waals surface area contributed by atoms with Crippen LogP contribution >= 0.6 is 0 Å². The summed E-state index contributed by atoms with van der Waals surface area (Å²) in [5.74, 6) is 0.660. The number of pyridine rings is 1. The van der Waals surface area contributed by atoms with Crippen molar-refractivity contribution in [3.05, 3.63) is 200 Å². The van der Waals surface area contributed by atoms with E-state index in [9.17, 15) is 0 Å². The quantitative estimate of drug-likeness (QED) is 0.166. The van der Waals surface area contributed by atoms with Crippen molar-refractivity contribution in [3.8, 4) is 78.4 Å². The van der Waals surface area contributed by atoms with Crippen LogP contribution in [-0.4, -0.2) is 15.0 Å². The van der Waals surface area contributed by atoms with Gasteiger partial charge in [0.2, 0.25) is 0 Å². The molecule has 0 N–H and O–H groups in total. The van der Waals surface area contributed by atoms with Gasteiger partial charge in [0.1, 0.15) is 11.2 Å². The highest BCUT2D eigenvalue weighted by Crippen LogP contribution is 2.40. The van der Waals surface area contributed by atoms with E-state index in [4.69, 9.17) is 14.4 Å². The summed E-state index contributed by atoms with van der Waals surface area (Å²) in [4.78, 5) is 14.9. The predicted molar refractivity (Wildman–Crippen MR) is 225 cm³/mol. The normalized spacial score (nSPS) is 11.3. The van der Waals surface area contributed by atoms with Crippen LogP contribution in [0, 0.1) is 0 Å². The van der Waals surface area contributed by atoms with E-state index in [2.05, 4.69) is 151 Å². The van der Waals surface area contributed by atoms with Gasteiger partial charge < -0.3 is 4.42 Å². The van der Waals surface area contributed by atoms with Crippen molar-refractivity contribution in [3.63, 3.8) is 0 Å². The predicted octanol–water partition coefficient (Wildman–Crippen LogP) is 13.4. The summed E-state index contributed by atoms with van der Waals surface area (Å²) in [6.45, 7) is 0. The third-order valence-electron chi connectivity index (χ3n) is 10.2. The molecule has 10 aromatic rings. The van der Waals surface area contributed by atoms with Crippen LogP contribution in [0.4, 0.5) is 0 Å². The topological polar surface area (TPSA) is 51.8 Å². The van der Waals surface area contributed by atoms with E-state index < -0.39 is 0 Å². The van der Waals surface area contributed by atoms with Crippen molar-refractivity contribution in [1.29, 1.82) is 0 Å². The van der Waals surface area contributed by atoms with Gasteiger partial charge in [-0.15, -0.1) is 0 Å². The minimum atomic E-state index is 0.660. The lowest BCUT2D eigenvalue weighted by molar-refractivity contribution is 0.670. The smallest absolute Gasteiger partial charge is 0.160 e. The van der Waals surface area contributed by atoms with Crippen LogP contribution in [0.5, 0.6) is 0 Å². The Balaban J connectivity index is 1.20. The molecular weight excluding hydrogens is 671 g/mol. The van der Waals surface area contributed by atoms with Crippen molar-refractivity contribution >= 4 is 21.9 Å². The van der Waals surface area contributed by atoms with Gasteiger partial charge in [0, 0.05) is 51.0 Å². The first-order valence-electron chi connectivity index (χ1n) is 18.4. The maximum atomic E-state index is 6.57. The number of benzene rings is 7. The molecule has 0 aliphatic rings. The summed E-state index contributed by atoms with van der Waals surface area (Å²) >= 11 is 0. The first kappa shape index (κ1) is 32.2. The minimum Gasteiger partial charge on any atom is -0.455 e. The highest BCUT2D eigenvalue weighted by Gasteiger charge is 2.18. The number of furan rings is 1. The molecule has 4 heteroatoms. The van der Waals surface area contributed by atoms with Gasteiger partial charge in [-0.2, -0.15) is 0 Å². The molecule has 4 nitrogen and oxygen atoms in total. The van der Waals surface area contributed by atoms with Crippen molar-refractivity contribution in [1.82, 2.24) is 15.0 Å². The molecule has 7 aromatic carbocycles. The van der Waals surface area contributed by atoms with E-state index in [-0.39, 0.29) is 0 Å². The second-order valence-corrected chi connectivity index (χ2v) is 13.6. The average molecular weight is 704 g/mol. The molecular formula is C51H33N3O. The number of fused-ring (bicyclic) bond motifs is 3. The van der Waals surface area contributed by atoms with Gasteiger partial charge >= 0.3 is 0 Å². The van der Waals surface area contributed by atoms with Gasteiger partial charge in [0.05, 0.1) is 11.4 Å². The largest absolute Gasteiger partial charge is 0.455 e. The molecule has 0 unspecified atom stereocenters.